The van der Waals surface area contributed by atoms with E-state index in [4.69, 9.17) is 4.74 Å². The van der Waals surface area contributed by atoms with Gasteiger partial charge < -0.3 is 9.84 Å². The minimum Gasteiger partial charge on any atom is -0.497 e. The average molecular weight is 388 g/mol. The molecular weight excluding hydrogens is 368 g/mol. The van der Waals surface area contributed by atoms with Crippen molar-refractivity contribution in [3.05, 3.63) is 81.6 Å². The highest BCUT2D eigenvalue weighted by molar-refractivity contribution is 5.56. The summed E-state index contributed by atoms with van der Waals surface area (Å²) in [5.74, 6) is 0.377. The van der Waals surface area contributed by atoms with Crippen LogP contribution in [0.2, 0.25) is 0 Å². The third-order valence-electron chi connectivity index (χ3n) is 4.57. The number of ether oxygens (including phenoxy) is 1. The molecule has 0 radical (unpaired) electrons. The van der Waals surface area contributed by atoms with Crippen LogP contribution in [0.5, 0.6) is 11.6 Å². The van der Waals surface area contributed by atoms with Crippen molar-refractivity contribution >= 4 is 11.4 Å². The number of benzene rings is 2. The third kappa shape index (κ3) is 4.33. The van der Waals surface area contributed by atoms with Gasteiger partial charge in [-0.25, -0.2) is 0 Å². The van der Waals surface area contributed by atoms with Gasteiger partial charge in [-0.15, -0.1) is 5.11 Å². The van der Waals surface area contributed by atoms with Gasteiger partial charge in [-0.05, 0) is 43.2 Å². The Morgan fingerprint density at radius 2 is 1.79 bits per heavy atom. The Hall–Kier alpha value is -3.92. The van der Waals surface area contributed by atoms with Crippen molar-refractivity contribution in [3.63, 3.8) is 0 Å². The largest absolute Gasteiger partial charge is 0.497 e. The Labute approximate surface area is 168 Å². The van der Waals surface area contributed by atoms with E-state index in [0.717, 1.165) is 15.9 Å². The number of hydrogen-bond acceptors (Lipinski definition) is 6. The maximum atomic E-state index is 12.9. The second kappa shape index (κ2) is 8.85. The van der Waals surface area contributed by atoms with Gasteiger partial charge in [-0.2, -0.15) is 10.4 Å². The van der Waals surface area contributed by atoms with E-state index in [1.54, 1.807) is 26.2 Å². The third-order valence-corrected chi connectivity index (χ3v) is 4.57. The van der Waals surface area contributed by atoms with Crippen molar-refractivity contribution in [2.24, 2.45) is 10.2 Å². The van der Waals surface area contributed by atoms with E-state index in [1.165, 1.54) is 0 Å². The molecule has 7 nitrogen and oxygen atoms in total. The lowest BCUT2D eigenvalue weighted by atomic mass is 10.1. The summed E-state index contributed by atoms with van der Waals surface area (Å²) in [4.78, 5) is 12.9. The van der Waals surface area contributed by atoms with Crippen LogP contribution < -0.4 is 10.3 Å². The summed E-state index contributed by atoms with van der Waals surface area (Å²) in [5, 5.41) is 28.1. The van der Waals surface area contributed by atoms with Crippen LogP contribution in [0.3, 0.4) is 0 Å². The van der Waals surface area contributed by atoms with E-state index in [-0.39, 0.29) is 23.7 Å². The van der Waals surface area contributed by atoms with Gasteiger partial charge in [-0.1, -0.05) is 30.3 Å². The summed E-state index contributed by atoms with van der Waals surface area (Å²) >= 11 is 0. The number of pyridine rings is 1. The Morgan fingerprint density at radius 3 is 2.41 bits per heavy atom. The molecule has 7 heteroatoms. The number of methoxy groups -OCH3 is 1. The Balaban J connectivity index is 1.97. The van der Waals surface area contributed by atoms with Gasteiger partial charge in [0.05, 0.1) is 12.8 Å². The predicted octanol–water partition coefficient (Wildman–Crippen LogP) is 4.40. The van der Waals surface area contributed by atoms with Gasteiger partial charge in [0.2, 0.25) is 5.88 Å². The minimum absolute atomic E-state index is 0.0151. The maximum Gasteiger partial charge on any atom is 0.281 e. The predicted molar refractivity (Wildman–Crippen MR) is 109 cm³/mol. The lowest BCUT2D eigenvalue weighted by Crippen LogP contribution is -2.22. The highest BCUT2D eigenvalue weighted by atomic mass is 16.5. The number of hydrogen-bond donors (Lipinski definition) is 1. The van der Waals surface area contributed by atoms with Crippen molar-refractivity contribution < 1.29 is 9.84 Å². The van der Waals surface area contributed by atoms with Gasteiger partial charge in [-0.3, -0.25) is 9.36 Å². The molecule has 0 unspecified atom stereocenters. The van der Waals surface area contributed by atoms with E-state index < -0.39 is 5.56 Å². The molecule has 0 fully saturated rings. The van der Waals surface area contributed by atoms with Crippen LogP contribution in [0.4, 0.5) is 11.4 Å². The minimum atomic E-state index is -0.493. The first-order chi connectivity index (χ1) is 14.0. The van der Waals surface area contributed by atoms with Crippen LogP contribution in [0.15, 0.2) is 69.6 Å². The summed E-state index contributed by atoms with van der Waals surface area (Å²) in [6.45, 7) is 1.77. The Kier molecular flexibility index (Phi) is 6.05. The molecule has 146 valence electrons. The van der Waals surface area contributed by atoms with E-state index in [1.807, 2.05) is 48.5 Å². The van der Waals surface area contributed by atoms with Crippen molar-refractivity contribution in [2.45, 2.75) is 19.9 Å². The summed E-state index contributed by atoms with van der Waals surface area (Å²) < 4.78 is 6.30. The lowest BCUT2D eigenvalue weighted by molar-refractivity contribution is 0.403. The summed E-state index contributed by atoms with van der Waals surface area (Å²) in [6, 6.07) is 18.4. The molecule has 0 bridgehead atoms. The zero-order valence-corrected chi connectivity index (χ0v) is 16.2. The SMILES string of the molecule is COc1ccc(CCn2c(O)c(C#N)c(C)c(N=Nc3ccccc3)c2=O)cc1. The second-order valence-electron chi connectivity index (χ2n) is 6.37. The molecule has 29 heavy (non-hydrogen) atoms. The normalized spacial score (nSPS) is 10.8. The fourth-order valence-electron chi connectivity index (χ4n) is 2.90. The number of nitriles is 1. The van der Waals surface area contributed by atoms with Gasteiger partial charge >= 0.3 is 0 Å². The fourth-order valence-corrected chi connectivity index (χ4v) is 2.90. The smallest absolute Gasteiger partial charge is 0.281 e. The number of aromatic hydroxyl groups is 1. The average Bonchev–Trinajstić information content (AvgIpc) is 2.75. The summed E-state index contributed by atoms with van der Waals surface area (Å²) in [5.41, 5.74) is 1.41. The van der Waals surface area contributed by atoms with Crippen molar-refractivity contribution in [1.29, 1.82) is 5.26 Å². The number of nitrogens with zero attached hydrogens (tertiary/aromatic N) is 4. The van der Waals surface area contributed by atoms with Crippen LogP contribution in [-0.4, -0.2) is 16.8 Å². The molecule has 0 aliphatic heterocycles. The standard InChI is InChI=1S/C22H20N4O3/c1-15-19(14-23)21(27)26(13-12-16-8-10-18(29-2)11-9-16)22(28)20(15)25-24-17-6-4-3-5-7-17/h3-11,27H,12-13H2,1-2H3. The molecule has 0 spiro atoms. The maximum absolute atomic E-state index is 12.9. The first-order valence-corrected chi connectivity index (χ1v) is 9.01. The number of aryl methyl sites for hydroxylation is 1. The number of azo groups is 1. The van der Waals surface area contributed by atoms with E-state index in [2.05, 4.69) is 10.2 Å². The zero-order valence-electron chi connectivity index (χ0n) is 16.2. The van der Waals surface area contributed by atoms with Gasteiger partial charge in [0.1, 0.15) is 17.4 Å². The molecule has 3 rings (SSSR count). The van der Waals surface area contributed by atoms with Gasteiger partial charge in [0.15, 0.2) is 5.69 Å². The van der Waals surface area contributed by atoms with Crippen molar-refractivity contribution in [2.75, 3.05) is 7.11 Å². The molecule has 1 aromatic heterocycles. The molecule has 0 saturated carbocycles. The van der Waals surface area contributed by atoms with Gasteiger partial charge in [0.25, 0.3) is 5.56 Å². The first kappa shape index (κ1) is 19.8. The molecule has 0 amide bonds. The number of aromatic nitrogens is 1. The Morgan fingerprint density at radius 1 is 1.10 bits per heavy atom. The van der Waals surface area contributed by atoms with E-state index >= 15 is 0 Å². The van der Waals surface area contributed by atoms with E-state index in [0.29, 0.717) is 17.7 Å². The first-order valence-electron chi connectivity index (χ1n) is 9.01. The van der Waals surface area contributed by atoms with Crippen molar-refractivity contribution in [3.8, 4) is 17.7 Å². The zero-order chi connectivity index (χ0) is 20.8. The van der Waals surface area contributed by atoms with Crippen LogP contribution in [0, 0.1) is 18.3 Å². The summed E-state index contributed by atoms with van der Waals surface area (Å²) in [6.07, 6.45) is 0.487. The molecule has 2 aromatic carbocycles. The van der Waals surface area contributed by atoms with Crippen molar-refractivity contribution in [1.82, 2.24) is 4.57 Å². The Bertz CT molecular complexity index is 1130. The monoisotopic (exact) mass is 388 g/mol. The molecule has 0 saturated heterocycles. The molecule has 3 aromatic rings. The fraction of sp³-hybridized carbons (Fsp3) is 0.182. The van der Waals surface area contributed by atoms with Crippen LogP contribution in [0.1, 0.15) is 16.7 Å². The van der Waals surface area contributed by atoms with E-state index in [9.17, 15) is 15.2 Å². The molecule has 1 heterocycles. The quantitative estimate of drug-likeness (QED) is 0.633. The molecule has 0 atom stereocenters. The highest BCUT2D eigenvalue weighted by Gasteiger charge is 2.19. The van der Waals surface area contributed by atoms with Crippen LogP contribution in [0.25, 0.3) is 0 Å². The second-order valence-corrected chi connectivity index (χ2v) is 6.37. The summed E-state index contributed by atoms with van der Waals surface area (Å²) in [7, 11) is 1.59. The van der Waals surface area contributed by atoms with Gasteiger partial charge in [0, 0.05) is 12.1 Å². The molecule has 0 aliphatic rings. The molecule has 0 aliphatic carbocycles. The highest BCUT2D eigenvalue weighted by Crippen LogP contribution is 2.27. The number of rotatable bonds is 6. The van der Waals surface area contributed by atoms with Crippen LogP contribution in [-0.2, 0) is 13.0 Å². The lowest BCUT2D eigenvalue weighted by Gasteiger charge is -2.13. The molecule has 1 N–H and O–H groups in total. The topological polar surface area (TPSA) is 100.0 Å². The van der Waals surface area contributed by atoms with Crippen LogP contribution >= 0.6 is 0 Å². The molecular formula is C22H20N4O3.